The average molecular weight is 354 g/mol. The lowest BCUT2D eigenvalue weighted by Gasteiger charge is -2.05. The molecule has 0 aliphatic carbocycles. The van der Waals surface area contributed by atoms with Gasteiger partial charge in [0.2, 0.25) is 0 Å². The van der Waals surface area contributed by atoms with E-state index < -0.39 is 4.92 Å². The summed E-state index contributed by atoms with van der Waals surface area (Å²) in [5.74, 6) is 0. The summed E-state index contributed by atoms with van der Waals surface area (Å²) in [4.78, 5) is 10.4. The van der Waals surface area contributed by atoms with Crippen LogP contribution >= 0.6 is 0 Å². The molecule has 0 aliphatic heterocycles. The Bertz CT molecular complexity index is 881. The second-order valence-corrected chi connectivity index (χ2v) is 6.28. The summed E-state index contributed by atoms with van der Waals surface area (Å²) in [7, 11) is 1.88. The van der Waals surface area contributed by atoms with Gasteiger partial charge in [-0.15, -0.1) is 0 Å². The molecule has 0 saturated heterocycles. The minimum absolute atomic E-state index is 0.0823. The predicted molar refractivity (Wildman–Crippen MR) is 98.7 cm³/mol. The Balaban J connectivity index is 1.58. The molecule has 0 atom stereocenters. The number of aromatic amines is 1. The normalized spacial score (nSPS) is 11.0. The van der Waals surface area contributed by atoms with E-state index in [1.165, 1.54) is 17.7 Å². The third-order valence-corrected chi connectivity index (χ3v) is 4.31. The first-order valence-corrected chi connectivity index (χ1v) is 8.51. The Morgan fingerprint density at radius 3 is 2.69 bits per heavy atom. The van der Waals surface area contributed by atoms with E-state index in [1.807, 2.05) is 26.4 Å². The van der Waals surface area contributed by atoms with Crippen LogP contribution in [0.5, 0.6) is 0 Å². The largest absolute Gasteiger partial charge is 0.313 e. The first kappa shape index (κ1) is 17.8. The van der Waals surface area contributed by atoms with E-state index in [-0.39, 0.29) is 5.69 Å². The van der Waals surface area contributed by atoms with Crippen molar-refractivity contribution in [3.63, 3.8) is 0 Å². The molecule has 136 valence electrons. The fourth-order valence-electron chi connectivity index (χ4n) is 2.91. The highest BCUT2D eigenvalue weighted by molar-refractivity contribution is 5.64. The average Bonchev–Trinajstić information content (AvgIpc) is 3.20. The number of hydrogen-bond donors (Lipinski definition) is 2. The van der Waals surface area contributed by atoms with Gasteiger partial charge in [0.05, 0.1) is 16.8 Å². The van der Waals surface area contributed by atoms with E-state index in [2.05, 4.69) is 20.6 Å². The highest BCUT2D eigenvalue weighted by Gasteiger charge is 2.12. The third-order valence-electron chi connectivity index (χ3n) is 4.31. The minimum atomic E-state index is -0.396. The Hall–Kier alpha value is -3.00. The van der Waals surface area contributed by atoms with Gasteiger partial charge in [-0.05, 0) is 44.0 Å². The topological polar surface area (TPSA) is 102 Å². The van der Waals surface area contributed by atoms with Gasteiger partial charge in [0.1, 0.15) is 0 Å². The van der Waals surface area contributed by atoms with E-state index in [4.69, 9.17) is 0 Å². The number of non-ortho nitro benzene ring substituents is 1. The summed E-state index contributed by atoms with van der Waals surface area (Å²) in [5, 5.41) is 25.7. The maximum Gasteiger partial charge on any atom is 0.269 e. The molecular formula is C18H22N6O2. The molecule has 0 fully saturated rings. The van der Waals surface area contributed by atoms with Crippen molar-refractivity contribution in [2.24, 2.45) is 7.05 Å². The standard InChI is InChI=1S/C18H22N6O2/c1-13-15(11-20-21-13)4-3-9-19-10-16-12-23(2)22-18(16)14-5-7-17(8-6-14)24(25)26/h5-8,11-12,19H,3-4,9-10H2,1-2H3,(H,20,21). The zero-order chi connectivity index (χ0) is 18.5. The van der Waals surface area contributed by atoms with Gasteiger partial charge in [0, 0.05) is 48.7 Å². The molecular weight excluding hydrogens is 332 g/mol. The Labute approximate surface area is 151 Å². The number of nitro groups is 1. The summed E-state index contributed by atoms with van der Waals surface area (Å²) in [6.07, 6.45) is 5.86. The summed E-state index contributed by atoms with van der Waals surface area (Å²) >= 11 is 0. The first-order valence-electron chi connectivity index (χ1n) is 8.51. The number of H-pyrrole nitrogens is 1. The van der Waals surface area contributed by atoms with Crippen LogP contribution in [0, 0.1) is 17.0 Å². The van der Waals surface area contributed by atoms with Crippen LogP contribution in [0.25, 0.3) is 11.3 Å². The molecule has 0 radical (unpaired) electrons. The SMILES string of the molecule is Cc1[nH]ncc1CCCNCc1cn(C)nc1-c1ccc([N+](=O)[O-])cc1. The molecule has 26 heavy (non-hydrogen) atoms. The van der Waals surface area contributed by atoms with Gasteiger partial charge in [0.15, 0.2) is 0 Å². The van der Waals surface area contributed by atoms with Crippen molar-refractivity contribution < 1.29 is 4.92 Å². The van der Waals surface area contributed by atoms with Crippen molar-refractivity contribution in [3.05, 3.63) is 63.6 Å². The highest BCUT2D eigenvalue weighted by atomic mass is 16.6. The fourth-order valence-corrected chi connectivity index (χ4v) is 2.91. The number of aryl methyl sites for hydroxylation is 3. The Kier molecular flexibility index (Phi) is 5.43. The predicted octanol–water partition coefficient (Wildman–Crippen LogP) is 2.75. The molecule has 0 unspecified atom stereocenters. The molecule has 0 bridgehead atoms. The van der Waals surface area contributed by atoms with Crippen LogP contribution in [-0.2, 0) is 20.0 Å². The van der Waals surface area contributed by atoms with Crippen LogP contribution < -0.4 is 5.32 Å². The number of nitro benzene ring substituents is 1. The number of nitrogens with one attached hydrogen (secondary N) is 2. The quantitative estimate of drug-likeness (QED) is 0.368. The van der Waals surface area contributed by atoms with E-state index in [0.29, 0.717) is 6.54 Å². The summed E-state index contributed by atoms with van der Waals surface area (Å²) in [6.45, 7) is 3.62. The third kappa shape index (κ3) is 4.15. The number of nitrogens with zero attached hydrogens (tertiary/aromatic N) is 4. The summed E-state index contributed by atoms with van der Waals surface area (Å²) in [6, 6.07) is 6.50. The van der Waals surface area contributed by atoms with Crippen LogP contribution in [0.15, 0.2) is 36.7 Å². The molecule has 8 nitrogen and oxygen atoms in total. The lowest BCUT2D eigenvalue weighted by molar-refractivity contribution is -0.384. The molecule has 3 aromatic rings. The second-order valence-electron chi connectivity index (χ2n) is 6.28. The van der Waals surface area contributed by atoms with E-state index >= 15 is 0 Å². The lowest BCUT2D eigenvalue weighted by Crippen LogP contribution is -2.15. The zero-order valence-electron chi connectivity index (χ0n) is 14.9. The lowest BCUT2D eigenvalue weighted by atomic mass is 10.1. The summed E-state index contributed by atoms with van der Waals surface area (Å²) in [5.41, 5.74) is 5.25. The Morgan fingerprint density at radius 1 is 1.27 bits per heavy atom. The van der Waals surface area contributed by atoms with Gasteiger partial charge >= 0.3 is 0 Å². The van der Waals surface area contributed by atoms with Crippen molar-refractivity contribution >= 4 is 5.69 Å². The molecule has 3 rings (SSSR count). The second kappa shape index (κ2) is 7.92. The molecule has 0 aliphatic rings. The maximum absolute atomic E-state index is 10.8. The number of benzene rings is 1. The minimum Gasteiger partial charge on any atom is -0.313 e. The van der Waals surface area contributed by atoms with E-state index in [9.17, 15) is 10.1 Å². The monoisotopic (exact) mass is 354 g/mol. The molecule has 0 amide bonds. The van der Waals surface area contributed by atoms with Crippen molar-refractivity contribution in [1.82, 2.24) is 25.3 Å². The van der Waals surface area contributed by atoms with Crippen LogP contribution in [0.1, 0.15) is 23.2 Å². The number of rotatable bonds is 8. The molecule has 2 N–H and O–H groups in total. The summed E-state index contributed by atoms with van der Waals surface area (Å²) < 4.78 is 1.77. The van der Waals surface area contributed by atoms with Crippen LogP contribution in [0.3, 0.4) is 0 Å². The van der Waals surface area contributed by atoms with Crippen LogP contribution in [0.4, 0.5) is 5.69 Å². The van der Waals surface area contributed by atoms with Gasteiger partial charge in [-0.2, -0.15) is 10.2 Å². The maximum atomic E-state index is 10.8. The smallest absolute Gasteiger partial charge is 0.269 e. The molecule has 2 aromatic heterocycles. The first-order chi connectivity index (χ1) is 12.5. The van der Waals surface area contributed by atoms with Crippen LogP contribution in [0.2, 0.25) is 0 Å². The van der Waals surface area contributed by atoms with Crippen LogP contribution in [-0.4, -0.2) is 31.4 Å². The van der Waals surface area contributed by atoms with E-state index in [1.54, 1.807) is 16.8 Å². The molecule has 0 spiro atoms. The van der Waals surface area contributed by atoms with Gasteiger partial charge in [-0.3, -0.25) is 19.9 Å². The van der Waals surface area contributed by atoms with Gasteiger partial charge < -0.3 is 5.32 Å². The number of hydrogen-bond acceptors (Lipinski definition) is 5. The van der Waals surface area contributed by atoms with Gasteiger partial charge in [-0.25, -0.2) is 0 Å². The fraction of sp³-hybridized carbons (Fsp3) is 0.333. The van der Waals surface area contributed by atoms with Gasteiger partial charge in [0.25, 0.3) is 5.69 Å². The zero-order valence-corrected chi connectivity index (χ0v) is 14.9. The van der Waals surface area contributed by atoms with Gasteiger partial charge in [-0.1, -0.05) is 0 Å². The van der Waals surface area contributed by atoms with Crippen molar-refractivity contribution in [2.75, 3.05) is 6.54 Å². The van der Waals surface area contributed by atoms with Crippen molar-refractivity contribution in [2.45, 2.75) is 26.3 Å². The molecule has 8 heteroatoms. The Morgan fingerprint density at radius 2 is 2.04 bits per heavy atom. The molecule has 2 heterocycles. The molecule has 1 aromatic carbocycles. The highest BCUT2D eigenvalue weighted by Crippen LogP contribution is 2.24. The van der Waals surface area contributed by atoms with Crippen molar-refractivity contribution in [1.29, 1.82) is 0 Å². The van der Waals surface area contributed by atoms with Crippen molar-refractivity contribution in [3.8, 4) is 11.3 Å². The number of aromatic nitrogens is 4. The molecule has 0 saturated carbocycles. The van der Waals surface area contributed by atoms with E-state index in [0.717, 1.165) is 41.9 Å².